The van der Waals surface area contributed by atoms with E-state index in [0.29, 0.717) is 29.5 Å². The zero-order chi connectivity index (χ0) is 24.5. The number of hydrogen-bond acceptors (Lipinski definition) is 10. The predicted molar refractivity (Wildman–Crippen MR) is 126 cm³/mol. The highest BCUT2D eigenvalue weighted by Gasteiger charge is 2.56. The molecule has 4 rings (SSSR count). The molecule has 1 fully saturated rings. The van der Waals surface area contributed by atoms with Crippen molar-refractivity contribution in [2.75, 3.05) is 33.1 Å². The van der Waals surface area contributed by atoms with E-state index in [2.05, 4.69) is 25.6 Å². The Bertz CT molecular complexity index is 1070. The second-order valence-corrected chi connectivity index (χ2v) is 8.47. The molecule has 34 heavy (non-hydrogen) atoms. The van der Waals surface area contributed by atoms with Crippen LogP contribution in [0, 0.1) is 0 Å². The first-order valence-electron chi connectivity index (χ1n) is 10.9. The third kappa shape index (κ3) is 4.21. The van der Waals surface area contributed by atoms with Gasteiger partial charge in [-0.15, -0.1) is 0 Å². The number of fused-ring (bicyclic) bond motifs is 1. The molecule has 0 radical (unpaired) electrons. The summed E-state index contributed by atoms with van der Waals surface area (Å²) in [4.78, 5) is 25.8. The fourth-order valence-electron chi connectivity index (χ4n) is 4.34. The summed E-state index contributed by atoms with van der Waals surface area (Å²) in [5.74, 6) is 1.33. The minimum atomic E-state index is -1.16. The van der Waals surface area contributed by atoms with Gasteiger partial charge in [0.25, 0.3) is 5.82 Å². The fraction of sp³-hybridized carbons (Fsp3) is 0.455. The number of quaternary nitrogens is 1. The first-order valence-corrected chi connectivity index (χ1v) is 10.9. The summed E-state index contributed by atoms with van der Waals surface area (Å²) in [5.41, 5.74) is 7.54. The van der Waals surface area contributed by atoms with E-state index < -0.39 is 43.0 Å². The van der Waals surface area contributed by atoms with Crippen LogP contribution in [0.15, 0.2) is 35.6 Å². The highest BCUT2D eigenvalue weighted by atomic mass is 16.6. The van der Waals surface area contributed by atoms with E-state index in [0.717, 1.165) is 5.56 Å². The summed E-state index contributed by atoms with van der Waals surface area (Å²) in [6, 6.07) is 5.53. The van der Waals surface area contributed by atoms with Gasteiger partial charge in [-0.3, -0.25) is 4.79 Å². The van der Waals surface area contributed by atoms with Crippen molar-refractivity contribution in [3.63, 3.8) is 0 Å². The van der Waals surface area contributed by atoms with Gasteiger partial charge in [-0.05, 0) is 24.1 Å². The van der Waals surface area contributed by atoms with Crippen LogP contribution < -0.4 is 25.6 Å². The second-order valence-electron chi connectivity index (χ2n) is 8.47. The third-order valence-electron chi connectivity index (χ3n) is 6.27. The zero-order valence-electron chi connectivity index (χ0n) is 19.3. The summed E-state index contributed by atoms with van der Waals surface area (Å²) in [6.45, 7) is -0.401. The normalized spacial score (nSPS) is 28.4. The zero-order valence-corrected chi connectivity index (χ0v) is 19.3. The quantitative estimate of drug-likeness (QED) is 0.312. The molecule has 1 aromatic carbocycles. The number of aromatic nitrogens is 2. The van der Waals surface area contributed by atoms with Gasteiger partial charge in [0.2, 0.25) is 12.1 Å². The lowest BCUT2D eigenvalue weighted by atomic mass is 10.0. The van der Waals surface area contributed by atoms with Gasteiger partial charge < -0.3 is 36.1 Å². The maximum Gasteiger partial charge on any atom is 0.267 e. The average molecular weight is 473 g/mol. The molecule has 1 saturated heterocycles. The van der Waals surface area contributed by atoms with Crippen molar-refractivity contribution in [2.24, 2.45) is 10.7 Å². The average Bonchev–Trinajstić information content (AvgIpc) is 3.37. The first-order chi connectivity index (χ1) is 16.3. The highest BCUT2D eigenvalue weighted by molar-refractivity contribution is 5.91. The number of aliphatic hydroxyl groups excluding tert-OH is 2. The van der Waals surface area contributed by atoms with Gasteiger partial charge in [0.15, 0.2) is 23.9 Å². The molecule has 0 bridgehead atoms. The van der Waals surface area contributed by atoms with Crippen LogP contribution in [0.4, 0.5) is 17.3 Å². The Labute approximate surface area is 197 Å². The van der Waals surface area contributed by atoms with Gasteiger partial charge in [-0.25, -0.2) is 9.47 Å². The van der Waals surface area contributed by atoms with Crippen LogP contribution in [-0.2, 0) is 16.0 Å². The maximum atomic E-state index is 12.9. The molecule has 1 aromatic heterocycles. The van der Waals surface area contributed by atoms with Gasteiger partial charge in [-0.1, -0.05) is 12.1 Å². The van der Waals surface area contributed by atoms with Crippen LogP contribution in [0.3, 0.4) is 0 Å². The van der Waals surface area contributed by atoms with Crippen molar-refractivity contribution in [3.8, 4) is 5.75 Å². The topological polar surface area (TPSA) is 164 Å². The summed E-state index contributed by atoms with van der Waals surface area (Å²) in [5, 5.41) is 26.8. The van der Waals surface area contributed by atoms with Crippen LogP contribution in [-0.4, -0.2) is 90.8 Å². The van der Waals surface area contributed by atoms with E-state index in [1.54, 1.807) is 39.7 Å². The molecule has 12 heteroatoms. The fourth-order valence-corrected chi connectivity index (χ4v) is 4.34. The van der Waals surface area contributed by atoms with E-state index in [1.165, 1.54) is 6.33 Å². The van der Waals surface area contributed by atoms with E-state index in [4.69, 9.17) is 15.2 Å². The van der Waals surface area contributed by atoms with E-state index in [9.17, 15) is 15.0 Å². The lowest BCUT2D eigenvalue weighted by molar-refractivity contribution is -0.124. The van der Waals surface area contributed by atoms with Gasteiger partial charge in [0.05, 0.1) is 32.8 Å². The monoisotopic (exact) mass is 472 g/mol. The molecule has 3 heterocycles. The number of carbonyl (C=O) groups is 1. The van der Waals surface area contributed by atoms with Gasteiger partial charge in [-0.2, -0.15) is 9.98 Å². The number of aliphatic imine (C=N–C) groups is 1. The molecule has 2 aromatic rings. The number of ether oxygens (including phenoxy) is 2. The van der Waals surface area contributed by atoms with Crippen molar-refractivity contribution in [2.45, 2.75) is 36.9 Å². The summed E-state index contributed by atoms with van der Waals surface area (Å²) in [7, 11) is 5.09. The van der Waals surface area contributed by atoms with Crippen LogP contribution in [0.1, 0.15) is 5.56 Å². The molecule has 2 unspecified atom stereocenters. The molecule has 12 nitrogen and oxygen atoms in total. The van der Waals surface area contributed by atoms with Crippen molar-refractivity contribution in [1.82, 2.24) is 19.8 Å². The highest BCUT2D eigenvalue weighted by Crippen LogP contribution is 2.43. The summed E-state index contributed by atoms with van der Waals surface area (Å²) >= 11 is 0. The molecule has 6 N–H and O–H groups in total. The Morgan fingerprint density at radius 2 is 2.06 bits per heavy atom. The molecule has 182 valence electrons. The molecule has 0 saturated carbocycles. The lowest BCUT2D eigenvalue weighted by Gasteiger charge is -2.32. The summed E-state index contributed by atoms with van der Waals surface area (Å²) < 4.78 is 11.1. The first kappa shape index (κ1) is 24.0. The van der Waals surface area contributed by atoms with Crippen molar-refractivity contribution < 1.29 is 24.5 Å². The third-order valence-corrected chi connectivity index (χ3v) is 6.27. The Balaban J connectivity index is 1.48. The number of rotatable bonds is 8. The van der Waals surface area contributed by atoms with Crippen LogP contribution in [0.2, 0.25) is 0 Å². The number of nitrogens with zero attached hydrogens (tertiary/aromatic N) is 4. The smallest absolute Gasteiger partial charge is 0.267 e. The minimum Gasteiger partial charge on any atom is -0.497 e. The molecule has 2 aliphatic heterocycles. The van der Waals surface area contributed by atoms with Gasteiger partial charge in [0.1, 0.15) is 18.2 Å². The number of nitrogens with one attached hydrogen (secondary N) is 2. The molecule has 0 spiro atoms. The van der Waals surface area contributed by atoms with Crippen LogP contribution in [0.25, 0.3) is 0 Å². The Morgan fingerprint density at radius 3 is 2.71 bits per heavy atom. The number of hydrogen-bond donors (Lipinski definition) is 5. The van der Waals surface area contributed by atoms with Gasteiger partial charge in [0, 0.05) is 7.05 Å². The number of amides is 1. The molecule has 6 atom stereocenters. The molecule has 0 aliphatic carbocycles. The number of carbonyl (C=O) groups excluding carboxylic acids is 1. The lowest BCUT2D eigenvalue weighted by Crippen LogP contribution is -2.59. The van der Waals surface area contributed by atoms with Crippen LogP contribution >= 0.6 is 0 Å². The largest absolute Gasteiger partial charge is 0.497 e. The summed E-state index contributed by atoms with van der Waals surface area (Å²) in [6.07, 6.45) is 0.426. The van der Waals surface area contributed by atoms with Crippen molar-refractivity contribution >= 4 is 29.6 Å². The number of likely N-dealkylation sites (N-methyl/N-ethyl adjacent to an activating group) is 1. The number of anilines is 1. The number of aliphatic hydroxyl groups is 2. The molecule has 1 amide bonds. The number of benzene rings is 1. The molecular formula is C22H30N7O5+. The van der Waals surface area contributed by atoms with Crippen LogP contribution in [0.5, 0.6) is 5.75 Å². The second kappa shape index (κ2) is 9.60. The van der Waals surface area contributed by atoms with Crippen molar-refractivity contribution in [1.29, 1.82) is 0 Å². The van der Waals surface area contributed by atoms with Crippen molar-refractivity contribution in [3.05, 3.63) is 36.2 Å². The van der Waals surface area contributed by atoms with E-state index in [-0.39, 0.29) is 4.48 Å². The molecular weight excluding hydrogens is 442 g/mol. The maximum absolute atomic E-state index is 12.9. The Morgan fingerprint density at radius 1 is 1.32 bits per heavy atom. The van der Waals surface area contributed by atoms with Gasteiger partial charge >= 0.3 is 0 Å². The Kier molecular flexibility index (Phi) is 6.77. The van der Waals surface area contributed by atoms with E-state index in [1.807, 2.05) is 12.1 Å². The Hall–Kier alpha value is -3.16. The standard InChI is InChI=1S/C22H29N7O5/c1-24-19-17-20(26-10-25-19)29(2,11-27-17)22-18(31)16(15(9-30)34-22)28-21(32)14(23)8-12-4-6-13(33-3)7-5-12/h4-7,10-11,14-16,18,22,30-31H,8-9,23H2,1-3H3,(H-,24,25,26,28,32)/p+1/t14?,15-,16-,18-,22-,29?/m1/s1. The van der Waals surface area contributed by atoms with E-state index >= 15 is 0 Å². The number of methoxy groups -OCH3 is 1. The molecule has 2 aliphatic rings. The SMILES string of the molecule is CNc1ncnc2c1N=C[N+]2(C)[C@@H]1O[C@H](CO)[C@@H](NC(=O)C(N)Cc2ccc(OC)cc2)[C@H]1O. The minimum absolute atomic E-state index is 0.0749. The number of nitrogens with two attached hydrogens (primary N) is 1. The predicted octanol–water partition coefficient (Wildman–Crippen LogP) is -0.730.